The van der Waals surface area contributed by atoms with Crippen molar-refractivity contribution in [2.75, 3.05) is 26.4 Å². The van der Waals surface area contributed by atoms with E-state index in [1.807, 2.05) is 20.8 Å². The van der Waals surface area contributed by atoms with Crippen molar-refractivity contribution in [3.63, 3.8) is 0 Å². The molecule has 0 aromatic rings. The van der Waals surface area contributed by atoms with Crippen LogP contribution in [0.5, 0.6) is 0 Å². The highest BCUT2D eigenvalue weighted by atomic mass is 16.4. The largest absolute Gasteiger partial charge is 0.481 e. The van der Waals surface area contributed by atoms with Gasteiger partial charge in [-0.05, 0) is 19.3 Å². The second-order valence-electron chi connectivity index (χ2n) is 5.47. The highest BCUT2D eigenvalue weighted by Gasteiger charge is 1.94. The van der Waals surface area contributed by atoms with Crippen molar-refractivity contribution in [3.05, 3.63) is 0 Å². The number of aliphatic hydroxyl groups is 6. The lowest BCUT2D eigenvalue weighted by molar-refractivity contribution is -0.138. The van der Waals surface area contributed by atoms with Crippen LogP contribution in [0, 0.1) is 0 Å². The molecule has 12 heteroatoms. The van der Waals surface area contributed by atoms with E-state index in [4.69, 9.17) is 46.0 Å². The molecule has 0 aliphatic rings. The van der Waals surface area contributed by atoms with E-state index in [0.717, 1.165) is 19.3 Å². The Morgan fingerprint density at radius 1 is 0.533 bits per heavy atom. The van der Waals surface area contributed by atoms with Crippen molar-refractivity contribution >= 4 is 17.9 Å². The summed E-state index contributed by atoms with van der Waals surface area (Å²) in [5.74, 6) is -2.13. The van der Waals surface area contributed by atoms with Gasteiger partial charge in [-0.25, -0.2) is 0 Å². The lowest BCUT2D eigenvalue weighted by Gasteiger charge is -1.96. The normalized spacial score (nSPS) is 8.90. The van der Waals surface area contributed by atoms with Gasteiger partial charge in [0.1, 0.15) is 12.2 Å². The maximum absolute atomic E-state index is 9.60. The first kappa shape index (κ1) is 38.7. The zero-order valence-electron chi connectivity index (χ0n) is 18.0. The summed E-state index contributed by atoms with van der Waals surface area (Å²) < 4.78 is 0. The van der Waals surface area contributed by atoms with Gasteiger partial charge in [0.2, 0.25) is 0 Å². The van der Waals surface area contributed by atoms with Crippen LogP contribution >= 0.6 is 0 Å². The summed E-state index contributed by atoms with van der Waals surface area (Å²) in [6.07, 6.45) is 1.16. The smallest absolute Gasteiger partial charge is 0.303 e. The lowest BCUT2D eigenvalue weighted by Crippen LogP contribution is -2.15. The minimum atomic E-state index is -0.954. The highest BCUT2D eigenvalue weighted by molar-refractivity contribution is 5.67. The molecular formula is C18H40O12. The van der Waals surface area contributed by atoms with E-state index in [9.17, 15) is 14.4 Å². The maximum Gasteiger partial charge on any atom is 0.303 e. The summed E-state index contributed by atoms with van der Waals surface area (Å²) in [6.45, 7) is 4.07. The summed E-state index contributed by atoms with van der Waals surface area (Å²) in [4.78, 5) is 28.8. The van der Waals surface area contributed by atoms with Gasteiger partial charge in [-0.1, -0.05) is 20.8 Å². The van der Waals surface area contributed by atoms with Crippen LogP contribution in [0.25, 0.3) is 0 Å². The average molecular weight is 449 g/mol. The third kappa shape index (κ3) is 72.0. The molecule has 0 radical (unpaired) electrons. The van der Waals surface area contributed by atoms with Gasteiger partial charge >= 0.3 is 17.9 Å². The Labute approximate surface area is 177 Å². The Hall–Kier alpha value is -1.83. The van der Waals surface area contributed by atoms with Crippen LogP contribution in [0.4, 0.5) is 0 Å². The minimum absolute atomic E-state index is 0.292. The second-order valence-corrected chi connectivity index (χ2v) is 5.47. The van der Waals surface area contributed by atoms with Gasteiger partial charge in [-0.2, -0.15) is 0 Å². The molecule has 0 aliphatic carbocycles. The lowest BCUT2D eigenvalue weighted by atomic mass is 10.4. The van der Waals surface area contributed by atoms with Gasteiger partial charge in [0, 0.05) is 19.3 Å². The quantitative estimate of drug-likeness (QED) is 0.201. The van der Waals surface area contributed by atoms with Crippen LogP contribution in [0.1, 0.15) is 59.3 Å². The standard InChI is InChI=1S/3C4H8O2.2C3H8O3/c3*1-2-3-4(5)6;2*4-1-3(6)2-5/h3*2-3H2,1H3,(H,5,6);2*3-6H,1-2H2. The summed E-state index contributed by atoms with van der Waals surface area (Å²) in [5, 5.41) is 71.8. The highest BCUT2D eigenvalue weighted by Crippen LogP contribution is 1.83. The molecule has 0 spiro atoms. The second kappa shape index (κ2) is 34.7. The average Bonchev–Trinajstić information content (AvgIpc) is 2.68. The third-order valence-corrected chi connectivity index (χ3v) is 2.23. The molecule has 9 N–H and O–H groups in total. The minimum Gasteiger partial charge on any atom is -0.481 e. The molecule has 0 saturated heterocycles. The molecule has 0 atom stereocenters. The molecule has 0 unspecified atom stereocenters. The third-order valence-electron chi connectivity index (χ3n) is 2.23. The summed E-state index contributed by atoms with van der Waals surface area (Å²) in [5.41, 5.74) is 0. The monoisotopic (exact) mass is 448 g/mol. The summed E-state index contributed by atoms with van der Waals surface area (Å²) >= 11 is 0. The Bertz CT molecular complexity index is 307. The van der Waals surface area contributed by atoms with E-state index in [-0.39, 0.29) is 26.4 Å². The topological polar surface area (TPSA) is 233 Å². The van der Waals surface area contributed by atoms with E-state index < -0.39 is 30.1 Å². The summed E-state index contributed by atoms with van der Waals surface area (Å²) in [6, 6.07) is 0. The van der Waals surface area contributed by atoms with Crippen molar-refractivity contribution in [3.8, 4) is 0 Å². The van der Waals surface area contributed by atoms with Crippen LogP contribution in [0.2, 0.25) is 0 Å². The molecule has 0 fully saturated rings. The Morgan fingerprint density at radius 3 is 0.700 bits per heavy atom. The van der Waals surface area contributed by atoms with E-state index in [1.54, 1.807) is 0 Å². The van der Waals surface area contributed by atoms with E-state index in [1.165, 1.54) is 0 Å². The molecule has 0 aromatic carbocycles. The number of carboxylic acid groups (broad SMARTS) is 3. The van der Waals surface area contributed by atoms with Crippen molar-refractivity contribution < 1.29 is 60.3 Å². The first-order valence-electron chi connectivity index (χ1n) is 9.38. The maximum atomic E-state index is 9.60. The zero-order chi connectivity index (χ0) is 25.0. The predicted molar refractivity (Wildman–Crippen MR) is 108 cm³/mol. The number of carboxylic acids is 3. The predicted octanol–water partition coefficient (Wildman–Crippen LogP) is -0.723. The van der Waals surface area contributed by atoms with Crippen molar-refractivity contribution in [2.45, 2.75) is 71.5 Å². The molecule has 0 aromatic heterocycles. The number of carbonyl (C=O) groups is 3. The number of hydrogen-bond donors (Lipinski definition) is 9. The number of aliphatic carboxylic acids is 3. The Kier molecular flexibility index (Phi) is 44.8. The number of aliphatic hydroxyl groups excluding tert-OH is 6. The van der Waals surface area contributed by atoms with Gasteiger partial charge in [0.15, 0.2) is 0 Å². The van der Waals surface area contributed by atoms with E-state index >= 15 is 0 Å². The Balaban J connectivity index is -0.0000000868. The summed E-state index contributed by atoms with van der Waals surface area (Å²) in [7, 11) is 0. The van der Waals surface area contributed by atoms with Crippen molar-refractivity contribution in [1.29, 1.82) is 0 Å². The molecule has 0 rings (SSSR count). The number of rotatable bonds is 10. The van der Waals surface area contributed by atoms with Gasteiger partial charge in [0.25, 0.3) is 0 Å². The SMILES string of the molecule is CCCC(=O)O.CCCC(=O)O.CCCC(=O)O.OCC(O)CO.OCC(O)CO. The molecule has 0 amide bonds. The first-order valence-corrected chi connectivity index (χ1v) is 9.38. The molecule has 0 heterocycles. The fraction of sp³-hybridized carbons (Fsp3) is 0.833. The molecular weight excluding hydrogens is 408 g/mol. The van der Waals surface area contributed by atoms with Gasteiger partial charge in [-0.3, -0.25) is 14.4 Å². The molecule has 0 saturated carbocycles. The molecule has 12 nitrogen and oxygen atoms in total. The zero-order valence-corrected chi connectivity index (χ0v) is 18.0. The van der Waals surface area contributed by atoms with Crippen LogP contribution in [0.15, 0.2) is 0 Å². The molecule has 30 heavy (non-hydrogen) atoms. The van der Waals surface area contributed by atoms with Crippen LogP contribution in [0.3, 0.4) is 0 Å². The van der Waals surface area contributed by atoms with Gasteiger partial charge in [0.05, 0.1) is 26.4 Å². The number of hydrogen-bond acceptors (Lipinski definition) is 9. The van der Waals surface area contributed by atoms with E-state index in [0.29, 0.717) is 19.3 Å². The fourth-order valence-electron chi connectivity index (χ4n) is 0.757. The molecule has 184 valence electrons. The fourth-order valence-corrected chi connectivity index (χ4v) is 0.757. The van der Waals surface area contributed by atoms with Crippen molar-refractivity contribution in [1.82, 2.24) is 0 Å². The van der Waals surface area contributed by atoms with E-state index in [2.05, 4.69) is 0 Å². The van der Waals surface area contributed by atoms with Crippen molar-refractivity contribution in [2.24, 2.45) is 0 Å². The molecule has 0 aliphatic heterocycles. The Morgan fingerprint density at radius 2 is 0.700 bits per heavy atom. The first-order chi connectivity index (χ1) is 13.9. The van der Waals surface area contributed by atoms with Crippen LogP contribution in [-0.4, -0.2) is 103 Å². The molecule has 0 bridgehead atoms. The van der Waals surface area contributed by atoms with Crippen LogP contribution in [-0.2, 0) is 14.4 Å². The van der Waals surface area contributed by atoms with Gasteiger partial charge < -0.3 is 46.0 Å². The van der Waals surface area contributed by atoms with Crippen LogP contribution < -0.4 is 0 Å². The van der Waals surface area contributed by atoms with Gasteiger partial charge in [-0.15, -0.1) is 0 Å².